The van der Waals surface area contributed by atoms with Gasteiger partial charge in [0.15, 0.2) is 0 Å². The summed E-state index contributed by atoms with van der Waals surface area (Å²) in [5.74, 6) is 0.201. The second-order valence-corrected chi connectivity index (χ2v) is 5.43. The summed E-state index contributed by atoms with van der Waals surface area (Å²) >= 11 is 1.18. The molecule has 0 radical (unpaired) electrons. The summed E-state index contributed by atoms with van der Waals surface area (Å²) in [6, 6.07) is 12.5. The fourth-order valence-electron chi connectivity index (χ4n) is 1.82. The van der Waals surface area contributed by atoms with Crippen LogP contribution < -0.4 is 0 Å². The first kappa shape index (κ1) is 13.4. The van der Waals surface area contributed by atoms with Gasteiger partial charge < -0.3 is 10.2 Å². The molecule has 0 unspecified atom stereocenters. The van der Waals surface area contributed by atoms with Crippen molar-refractivity contribution in [2.45, 2.75) is 17.0 Å². The van der Waals surface area contributed by atoms with E-state index >= 15 is 0 Å². The summed E-state index contributed by atoms with van der Waals surface area (Å²) in [5, 5.41) is 31.8. The lowest BCUT2D eigenvalue weighted by Gasteiger charge is -2.07. The molecular formula is C14H12N4O2S. The van der Waals surface area contributed by atoms with E-state index in [9.17, 15) is 10.2 Å². The molecule has 0 bridgehead atoms. The summed E-state index contributed by atoms with van der Waals surface area (Å²) in [6.07, 6.45) is 0. The lowest BCUT2D eigenvalue weighted by Crippen LogP contribution is -1.98. The van der Waals surface area contributed by atoms with Crippen LogP contribution in [-0.2, 0) is 0 Å². The zero-order chi connectivity index (χ0) is 14.8. The van der Waals surface area contributed by atoms with Crippen LogP contribution in [0.3, 0.4) is 0 Å². The Balaban J connectivity index is 1.97. The van der Waals surface area contributed by atoms with Crippen LogP contribution in [0, 0.1) is 6.92 Å². The molecule has 3 rings (SSSR count). The first-order chi connectivity index (χ1) is 10.1. The SMILES string of the molecule is Cc1cc(O)c(Sc2nnnn2-c2ccccc2)cc1O. The molecule has 0 aliphatic carbocycles. The fourth-order valence-corrected chi connectivity index (χ4v) is 2.65. The minimum absolute atomic E-state index is 0.0814. The molecule has 21 heavy (non-hydrogen) atoms. The molecule has 0 spiro atoms. The lowest BCUT2D eigenvalue weighted by molar-refractivity contribution is 0.445. The van der Waals surface area contributed by atoms with Crippen molar-refractivity contribution in [3.8, 4) is 17.2 Å². The van der Waals surface area contributed by atoms with Gasteiger partial charge in [0.05, 0.1) is 10.6 Å². The molecule has 0 saturated carbocycles. The highest BCUT2D eigenvalue weighted by molar-refractivity contribution is 7.99. The molecule has 3 aromatic rings. The second-order valence-electron chi connectivity index (χ2n) is 4.42. The lowest BCUT2D eigenvalue weighted by atomic mass is 10.2. The highest BCUT2D eigenvalue weighted by Gasteiger charge is 2.14. The maximum Gasteiger partial charge on any atom is 0.219 e. The summed E-state index contributed by atoms with van der Waals surface area (Å²) in [6.45, 7) is 1.72. The smallest absolute Gasteiger partial charge is 0.219 e. The van der Waals surface area contributed by atoms with Gasteiger partial charge in [-0.15, -0.1) is 5.10 Å². The van der Waals surface area contributed by atoms with Gasteiger partial charge in [0.1, 0.15) is 11.5 Å². The first-order valence-corrected chi connectivity index (χ1v) is 7.01. The van der Waals surface area contributed by atoms with Gasteiger partial charge in [-0.2, -0.15) is 4.68 Å². The van der Waals surface area contributed by atoms with E-state index in [1.54, 1.807) is 11.6 Å². The standard InChI is InChI=1S/C14H12N4O2S/c1-9-7-12(20)13(8-11(9)19)21-14-15-16-17-18(14)10-5-3-2-4-6-10/h2-8,19-20H,1H3. The Bertz CT molecular complexity index is 774. The number of aryl methyl sites for hydroxylation is 1. The van der Waals surface area contributed by atoms with E-state index in [2.05, 4.69) is 15.5 Å². The van der Waals surface area contributed by atoms with Gasteiger partial charge >= 0.3 is 0 Å². The average Bonchev–Trinajstić information content (AvgIpc) is 2.94. The van der Waals surface area contributed by atoms with Crippen molar-refractivity contribution in [2.75, 3.05) is 0 Å². The van der Waals surface area contributed by atoms with Crippen LogP contribution in [0.2, 0.25) is 0 Å². The molecule has 7 heteroatoms. The van der Waals surface area contributed by atoms with E-state index < -0.39 is 0 Å². The molecule has 106 valence electrons. The molecule has 0 aliphatic rings. The molecule has 0 aliphatic heterocycles. The largest absolute Gasteiger partial charge is 0.508 e. The van der Waals surface area contributed by atoms with E-state index in [1.165, 1.54) is 23.9 Å². The van der Waals surface area contributed by atoms with Crippen molar-refractivity contribution in [1.82, 2.24) is 20.2 Å². The molecule has 0 amide bonds. The quantitative estimate of drug-likeness (QED) is 0.723. The third-order valence-electron chi connectivity index (χ3n) is 2.92. The van der Waals surface area contributed by atoms with Crippen LogP contribution in [0.1, 0.15) is 5.56 Å². The van der Waals surface area contributed by atoms with Crippen molar-refractivity contribution in [3.05, 3.63) is 48.0 Å². The Hall–Kier alpha value is -2.54. The third-order valence-corrected chi connectivity index (χ3v) is 3.90. The summed E-state index contributed by atoms with van der Waals surface area (Å²) in [4.78, 5) is 0.491. The van der Waals surface area contributed by atoms with Gasteiger partial charge in [-0.1, -0.05) is 18.2 Å². The number of aromatic nitrogens is 4. The maximum absolute atomic E-state index is 9.97. The number of aromatic hydroxyl groups is 2. The van der Waals surface area contributed by atoms with E-state index in [4.69, 9.17) is 0 Å². The monoisotopic (exact) mass is 300 g/mol. The van der Waals surface area contributed by atoms with Crippen LogP contribution >= 0.6 is 11.8 Å². The Labute approximate surface area is 125 Å². The van der Waals surface area contributed by atoms with Crippen molar-refractivity contribution in [1.29, 1.82) is 0 Å². The number of hydrogen-bond acceptors (Lipinski definition) is 6. The molecule has 1 aromatic heterocycles. The Kier molecular flexibility index (Phi) is 3.49. The van der Waals surface area contributed by atoms with Gasteiger partial charge in [0.2, 0.25) is 5.16 Å². The van der Waals surface area contributed by atoms with E-state index in [1.807, 2.05) is 30.3 Å². The summed E-state index contributed by atoms with van der Waals surface area (Å²) < 4.78 is 1.57. The highest BCUT2D eigenvalue weighted by atomic mass is 32.2. The van der Waals surface area contributed by atoms with Gasteiger partial charge in [0, 0.05) is 0 Å². The van der Waals surface area contributed by atoms with Crippen molar-refractivity contribution >= 4 is 11.8 Å². The fraction of sp³-hybridized carbons (Fsp3) is 0.0714. The molecule has 2 N–H and O–H groups in total. The topological polar surface area (TPSA) is 84.1 Å². The molecular weight excluding hydrogens is 288 g/mol. The van der Waals surface area contributed by atoms with Crippen LogP contribution in [0.5, 0.6) is 11.5 Å². The molecule has 2 aromatic carbocycles. The average molecular weight is 300 g/mol. The van der Waals surface area contributed by atoms with E-state index in [-0.39, 0.29) is 11.5 Å². The van der Waals surface area contributed by atoms with Gasteiger partial charge in [0.25, 0.3) is 0 Å². The number of benzene rings is 2. The van der Waals surface area contributed by atoms with E-state index in [0.29, 0.717) is 15.6 Å². The zero-order valence-electron chi connectivity index (χ0n) is 11.1. The van der Waals surface area contributed by atoms with Crippen LogP contribution in [0.25, 0.3) is 5.69 Å². The minimum Gasteiger partial charge on any atom is -0.508 e. The van der Waals surface area contributed by atoms with Crippen LogP contribution in [0.4, 0.5) is 0 Å². The number of phenols is 2. The zero-order valence-corrected chi connectivity index (χ0v) is 11.9. The predicted molar refractivity (Wildman–Crippen MR) is 77.8 cm³/mol. The number of para-hydroxylation sites is 1. The highest BCUT2D eigenvalue weighted by Crippen LogP contribution is 2.37. The maximum atomic E-state index is 9.97. The van der Waals surface area contributed by atoms with E-state index in [0.717, 1.165) is 5.69 Å². The Morgan fingerprint density at radius 2 is 1.81 bits per heavy atom. The summed E-state index contributed by atoms with van der Waals surface area (Å²) in [5.41, 5.74) is 1.43. The third kappa shape index (κ3) is 2.68. The molecule has 0 fully saturated rings. The normalized spacial score (nSPS) is 10.7. The minimum atomic E-state index is 0.0814. The molecule has 0 saturated heterocycles. The Morgan fingerprint density at radius 3 is 2.57 bits per heavy atom. The molecule has 1 heterocycles. The van der Waals surface area contributed by atoms with Crippen molar-refractivity contribution in [3.63, 3.8) is 0 Å². The van der Waals surface area contributed by atoms with Gasteiger partial charge in [-0.25, -0.2) is 0 Å². The first-order valence-electron chi connectivity index (χ1n) is 6.19. The van der Waals surface area contributed by atoms with Crippen LogP contribution in [0.15, 0.2) is 52.5 Å². The van der Waals surface area contributed by atoms with Crippen molar-refractivity contribution in [2.24, 2.45) is 0 Å². The summed E-state index contributed by atoms with van der Waals surface area (Å²) in [7, 11) is 0. The van der Waals surface area contributed by atoms with Gasteiger partial charge in [-0.05, 0) is 58.9 Å². The number of tetrazole rings is 1. The predicted octanol–water partition coefficient (Wildman–Crippen LogP) is 2.53. The van der Waals surface area contributed by atoms with Crippen LogP contribution in [-0.4, -0.2) is 30.4 Å². The van der Waals surface area contributed by atoms with Crippen molar-refractivity contribution < 1.29 is 10.2 Å². The molecule has 6 nitrogen and oxygen atoms in total. The number of hydrogen-bond donors (Lipinski definition) is 2. The molecule has 0 atom stereocenters. The number of nitrogens with zero attached hydrogens (tertiary/aromatic N) is 4. The van der Waals surface area contributed by atoms with Gasteiger partial charge in [-0.3, -0.25) is 0 Å². The number of rotatable bonds is 3. The Morgan fingerprint density at radius 1 is 1.05 bits per heavy atom. The number of phenolic OH excluding ortho intramolecular Hbond substituents is 2. The second kappa shape index (κ2) is 5.45.